The quantitative estimate of drug-likeness (QED) is 0.556. The summed E-state index contributed by atoms with van der Waals surface area (Å²) >= 11 is 0. The molecule has 3 heterocycles. The molecule has 0 spiro atoms. The smallest absolute Gasteiger partial charge is 0.164 e. The largest absolute Gasteiger partial charge is 0.391 e. The minimum absolute atomic E-state index is 0.328. The molecule has 5 N–H and O–H groups in total. The van der Waals surface area contributed by atoms with E-state index in [0.717, 1.165) is 0 Å². The molecule has 1 fully saturated rings. The topological polar surface area (TPSA) is 127 Å². The Morgan fingerprint density at radius 1 is 1.35 bits per heavy atom. The summed E-state index contributed by atoms with van der Waals surface area (Å²) in [5.41, 5.74) is 6.25. The van der Waals surface area contributed by atoms with E-state index in [2.05, 4.69) is 9.97 Å². The average molecular weight is 280 g/mol. The fourth-order valence-electron chi connectivity index (χ4n) is 2.51. The molecule has 2 aromatic rings. The summed E-state index contributed by atoms with van der Waals surface area (Å²) in [4.78, 5) is 8.00. The molecule has 0 unspecified atom stereocenters. The minimum atomic E-state index is -1.17. The van der Waals surface area contributed by atoms with Crippen molar-refractivity contribution in [1.82, 2.24) is 14.5 Å². The van der Waals surface area contributed by atoms with Crippen LogP contribution in [0.25, 0.3) is 11.0 Å². The Labute approximate surface area is 114 Å². The molecule has 20 heavy (non-hydrogen) atoms. The van der Waals surface area contributed by atoms with Crippen LogP contribution < -0.4 is 5.73 Å². The number of aromatic nitrogens is 3. The van der Waals surface area contributed by atoms with Gasteiger partial charge in [-0.3, -0.25) is 0 Å². The van der Waals surface area contributed by atoms with E-state index in [0.29, 0.717) is 16.9 Å². The Kier molecular flexibility index (Phi) is 3.09. The SMILES string of the molecule is C[C@@H](O)[C@H]1O[C@@H](n2ccc3c(N)ncnc32)[C@H](O)[C@@H]1O. The molecule has 0 bridgehead atoms. The lowest BCUT2D eigenvalue weighted by Gasteiger charge is -2.18. The molecule has 0 aromatic carbocycles. The van der Waals surface area contributed by atoms with Crippen molar-refractivity contribution in [3.63, 3.8) is 0 Å². The number of ether oxygens (including phenoxy) is 1. The maximum atomic E-state index is 10.1. The molecule has 2 aromatic heterocycles. The van der Waals surface area contributed by atoms with E-state index in [1.54, 1.807) is 16.8 Å². The zero-order valence-corrected chi connectivity index (χ0v) is 10.8. The van der Waals surface area contributed by atoms with E-state index >= 15 is 0 Å². The fraction of sp³-hybridized carbons (Fsp3) is 0.500. The third-order valence-corrected chi connectivity index (χ3v) is 3.56. The predicted octanol–water partition coefficient (Wildman–Crippen LogP) is -0.987. The first kappa shape index (κ1) is 13.3. The number of anilines is 1. The molecule has 8 heteroatoms. The van der Waals surface area contributed by atoms with E-state index in [9.17, 15) is 15.3 Å². The fourth-order valence-corrected chi connectivity index (χ4v) is 2.51. The molecule has 108 valence electrons. The molecule has 3 rings (SSSR count). The van der Waals surface area contributed by atoms with Crippen LogP contribution in [0.2, 0.25) is 0 Å². The molecule has 1 aliphatic rings. The number of nitrogen functional groups attached to an aromatic ring is 1. The first-order valence-corrected chi connectivity index (χ1v) is 6.27. The van der Waals surface area contributed by atoms with E-state index in [-0.39, 0.29) is 0 Å². The van der Waals surface area contributed by atoms with Crippen LogP contribution in [-0.4, -0.2) is 54.3 Å². The van der Waals surface area contributed by atoms with Crippen LogP contribution in [0.15, 0.2) is 18.6 Å². The molecule has 1 aliphatic heterocycles. The highest BCUT2D eigenvalue weighted by molar-refractivity contribution is 5.86. The highest BCUT2D eigenvalue weighted by Gasteiger charge is 2.46. The zero-order valence-electron chi connectivity index (χ0n) is 10.8. The van der Waals surface area contributed by atoms with Crippen LogP contribution in [0.4, 0.5) is 5.82 Å². The van der Waals surface area contributed by atoms with Crippen LogP contribution in [0.3, 0.4) is 0 Å². The van der Waals surface area contributed by atoms with Gasteiger partial charge in [-0.1, -0.05) is 0 Å². The number of nitrogens with two attached hydrogens (primary N) is 1. The van der Waals surface area contributed by atoms with Gasteiger partial charge in [-0.05, 0) is 13.0 Å². The van der Waals surface area contributed by atoms with Gasteiger partial charge in [-0.2, -0.15) is 0 Å². The summed E-state index contributed by atoms with van der Waals surface area (Å²) in [5.74, 6) is 0.328. The van der Waals surface area contributed by atoms with Crippen LogP contribution in [0, 0.1) is 0 Å². The third kappa shape index (κ3) is 1.85. The molecule has 0 aliphatic carbocycles. The minimum Gasteiger partial charge on any atom is -0.391 e. The average Bonchev–Trinajstić information content (AvgIpc) is 2.94. The van der Waals surface area contributed by atoms with Gasteiger partial charge in [0.15, 0.2) is 6.23 Å². The first-order valence-electron chi connectivity index (χ1n) is 6.27. The Hall–Kier alpha value is -1.74. The van der Waals surface area contributed by atoms with E-state index in [1.165, 1.54) is 13.3 Å². The van der Waals surface area contributed by atoms with Crippen molar-refractivity contribution >= 4 is 16.9 Å². The molecule has 0 radical (unpaired) electrons. The van der Waals surface area contributed by atoms with Crippen molar-refractivity contribution in [2.24, 2.45) is 0 Å². The highest BCUT2D eigenvalue weighted by Crippen LogP contribution is 2.33. The van der Waals surface area contributed by atoms with E-state index in [1.807, 2.05) is 0 Å². The number of fused-ring (bicyclic) bond motifs is 1. The number of hydrogen-bond acceptors (Lipinski definition) is 7. The standard InChI is InChI=1S/C12H16N4O4/c1-5(17)9-7(18)8(19)12(20-9)16-3-2-6-10(13)14-4-15-11(6)16/h2-5,7-9,12,17-19H,1H3,(H2,13,14,15)/t5-,7+,8-,9-,12-/m1/s1. The van der Waals surface area contributed by atoms with Crippen LogP contribution in [0.1, 0.15) is 13.2 Å². The van der Waals surface area contributed by atoms with Crippen molar-refractivity contribution in [3.05, 3.63) is 18.6 Å². The summed E-state index contributed by atoms with van der Waals surface area (Å²) in [6, 6.07) is 1.71. The number of aliphatic hydroxyl groups excluding tert-OH is 3. The van der Waals surface area contributed by atoms with Gasteiger partial charge in [-0.15, -0.1) is 0 Å². The van der Waals surface area contributed by atoms with Gasteiger partial charge in [0, 0.05) is 6.20 Å². The van der Waals surface area contributed by atoms with Crippen molar-refractivity contribution in [1.29, 1.82) is 0 Å². The van der Waals surface area contributed by atoms with E-state index < -0.39 is 30.6 Å². The summed E-state index contributed by atoms with van der Waals surface area (Å²) in [7, 11) is 0. The Morgan fingerprint density at radius 3 is 2.75 bits per heavy atom. The lowest BCUT2D eigenvalue weighted by molar-refractivity contribution is -0.0775. The van der Waals surface area contributed by atoms with Gasteiger partial charge in [0.25, 0.3) is 0 Å². The molecular weight excluding hydrogens is 264 g/mol. The number of nitrogens with zero attached hydrogens (tertiary/aromatic N) is 3. The van der Waals surface area contributed by atoms with Crippen molar-refractivity contribution < 1.29 is 20.1 Å². The van der Waals surface area contributed by atoms with Gasteiger partial charge < -0.3 is 30.4 Å². The zero-order chi connectivity index (χ0) is 14.4. The van der Waals surface area contributed by atoms with Crippen LogP contribution >= 0.6 is 0 Å². The summed E-state index contributed by atoms with van der Waals surface area (Å²) < 4.78 is 7.12. The number of rotatable bonds is 2. The Morgan fingerprint density at radius 2 is 2.10 bits per heavy atom. The molecule has 0 amide bonds. The van der Waals surface area contributed by atoms with Crippen molar-refractivity contribution in [2.75, 3.05) is 5.73 Å². The molecule has 8 nitrogen and oxygen atoms in total. The van der Waals surface area contributed by atoms with Gasteiger partial charge in [-0.25, -0.2) is 9.97 Å². The molecular formula is C12H16N4O4. The molecule has 1 saturated heterocycles. The third-order valence-electron chi connectivity index (χ3n) is 3.56. The summed E-state index contributed by atoms with van der Waals surface area (Å²) in [6.07, 6.45) is -1.95. The van der Waals surface area contributed by atoms with Gasteiger partial charge in [0.05, 0.1) is 11.5 Å². The second-order valence-corrected chi connectivity index (χ2v) is 4.93. The van der Waals surface area contributed by atoms with E-state index in [4.69, 9.17) is 10.5 Å². The Bertz CT molecular complexity index is 629. The second-order valence-electron chi connectivity index (χ2n) is 4.93. The normalized spacial score (nSPS) is 31.8. The Balaban J connectivity index is 2.02. The predicted molar refractivity (Wildman–Crippen MR) is 69.5 cm³/mol. The lowest BCUT2D eigenvalue weighted by atomic mass is 10.1. The van der Waals surface area contributed by atoms with Crippen molar-refractivity contribution in [2.45, 2.75) is 37.6 Å². The monoisotopic (exact) mass is 280 g/mol. The second kappa shape index (κ2) is 4.67. The van der Waals surface area contributed by atoms with Gasteiger partial charge in [0.2, 0.25) is 0 Å². The number of aliphatic hydroxyl groups is 3. The summed E-state index contributed by atoms with van der Waals surface area (Å²) in [5, 5.41) is 30.2. The maximum Gasteiger partial charge on any atom is 0.164 e. The highest BCUT2D eigenvalue weighted by atomic mass is 16.6. The van der Waals surface area contributed by atoms with Crippen LogP contribution in [-0.2, 0) is 4.74 Å². The van der Waals surface area contributed by atoms with Gasteiger partial charge >= 0.3 is 0 Å². The van der Waals surface area contributed by atoms with Gasteiger partial charge in [0.1, 0.15) is 36.1 Å². The lowest BCUT2D eigenvalue weighted by Crippen LogP contribution is -2.37. The van der Waals surface area contributed by atoms with Crippen LogP contribution in [0.5, 0.6) is 0 Å². The summed E-state index contributed by atoms with van der Waals surface area (Å²) in [6.45, 7) is 1.50. The maximum absolute atomic E-state index is 10.1. The molecule has 0 saturated carbocycles. The number of hydrogen-bond donors (Lipinski definition) is 4. The molecule has 5 atom stereocenters. The first-order chi connectivity index (χ1) is 9.50. The van der Waals surface area contributed by atoms with Crippen molar-refractivity contribution in [3.8, 4) is 0 Å².